The summed E-state index contributed by atoms with van der Waals surface area (Å²) >= 11 is 0. The lowest BCUT2D eigenvalue weighted by molar-refractivity contribution is 0.0943. The summed E-state index contributed by atoms with van der Waals surface area (Å²) in [6, 6.07) is 25.5. The Labute approximate surface area is 217 Å². The minimum Gasteiger partial charge on any atom is -0.497 e. The third-order valence-corrected chi connectivity index (χ3v) is 6.98. The van der Waals surface area contributed by atoms with Crippen molar-refractivity contribution in [1.29, 1.82) is 0 Å². The van der Waals surface area contributed by atoms with Gasteiger partial charge in [-0.1, -0.05) is 54.6 Å². The summed E-state index contributed by atoms with van der Waals surface area (Å²) in [5.41, 5.74) is 3.32. The van der Waals surface area contributed by atoms with E-state index in [1.807, 2.05) is 71.4 Å². The molecule has 37 heavy (non-hydrogen) atoms. The summed E-state index contributed by atoms with van der Waals surface area (Å²) < 4.78 is 12.6. The molecule has 1 aliphatic rings. The van der Waals surface area contributed by atoms with Crippen LogP contribution in [0.2, 0.25) is 0 Å². The van der Waals surface area contributed by atoms with Crippen LogP contribution in [0.25, 0.3) is 0 Å². The van der Waals surface area contributed by atoms with Gasteiger partial charge in [0.2, 0.25) is 0 Å². The minimum absolute atomic E-state index is 0.0749. The van der Waals surface area contributed by atoms with Gasteiger partial charge in [-0.3, -0.25) is 4.79 Å². The number of fused-ring (bicyclic) bond motifs is 1. The Kier molecular flexibility index (Phi) is 6.61. The van der Waals surface area contributed by atoms with Crippen molar-refractivity contribution in [3.8, 4) is 11.5 Å². The van der Waals surface area contributed by atoms with Gasteiger partial charge in [-0.2, -0.15) is 5.10 Å². The standard InChI is InChI=1S/C30H32N4O3/c1-30(2)18-26(20-8-6-5-7-9-20)32-28-25(19-31-34(28)30)29(35)33-27(21-10-14-23(36-3)15-11-21)22-12-16-24(37-4)17-13-22/h5-17,19,26-27,32H,18H2,1-4H3,(H,33,35). The number of nitrogens with zero attached hydrogens (tertiary/aromatic N) is 2. The Morgan fingerprint density at radius 1 is 0.946 bits per heavy atom. The van der Waals surface area contributed by atoms with Gasteiger partial charge in [-0.05, 0) is 61.2 Å². The Bertz CT molecular complexity index is 1310. The average molecular weight is 497 g/mol. The molecule has 1 amide bonds. The monoisotopic (exact) mass is 496 g/mol. The predicted octanol–water partition coefficient (Wildman–Crippen LogP) is 5.71. The Morgan fingerprint density at radius 2 is 1.51 bits per heavy atom. The summed E-state index contributed by atoms with van der Waals surface area (Å²) in [6.07, 6.45) is 2.51. The van der Waals surface area contributed by atoms with E-state index in [0.717, 1.165) is 34.9 Å². The first kappa shape index (κ1) is 24.4. The Morgan fingerprint density at radius 3 is 2.05 bits per heavy atom. The van der Waals surface area contributed by atoms with Crippen LogP contribution in [0.4, 0.5) is 5.82 Å². The number of hydrogen-bond acceptors (Lipinski definition) is 5. The average Bonchev–Trinajstić information content (AvgIpc) is 3.37. The van der Waals surface area contributed by atoms with Crippen LogP contribution in [-0.4, -0.2) is 29.9 Å². The number of hydrogen-bond donors (Lipinski definition) is 2. The zero-order valence-electron chi connectivity index (χ0n) is 21.6. The Hall–Kier alpha value is -4.26. The second-order valence-corrected chi connectivity index (χ2v) is 9.90. The number of methoxy groups -OCH3 is 2. The van der Waals surface area contributed by atoms with E-state index in [0.29, 0.717) is 5.56 Å². The molecule has 1 atom stereocenters. The number of carbonyl (C=O) groups excluding carboxylic acids is 1. The number of carbonyl (C=O) groups is 1. The van der Waals surface area contributed by atoms with Crippen molar-refractivity contribution in [2.75, 3.05) is 19.5 Å². The van der Waals surface area contributed by atoms with Crippen molar-refractivity contribution in [3.05, 3.63) is 107 Å². The summed E-state index contributed by atoms with van der Waals surface area (Å²) in [5.74, 6) is 2.04. The fourth-order valence-electron chi connectivity index (χ4n) is 4.96. The lowest BCUT2D eigenvalue weighted by Gasteiger charge is -2.38. The lowest BCUT2D eigenvalue weighted by Crippen LogP contribution is -2.38. The van der Waals surface area contributed by atoms with Gasteiger partial charge in [0, 0.05) is 0 Å². The van der Waals surface area contributed by atoms with Crippen LogP contribution >= 0.6 is 0 Å². The SMILES string of the molecule is COc1ccc(C(NC(=O)c2cnn3c2NC(c2ccccc2)CC3(C)C)c2ccc(OC)cc2)cc1. The van der Waals surface area contributed by atoms with Crippen LogP contribution in [0.5, 0.6) is 11.5 Å². The number of anilines is 1. The van der Waals surface area contributed by atoms with Crippen molar-refractivity contribution >= 4 is 11.7 Å². The highest BCUT2D eigenvalue weighted by Gasteiger charge is 2.37. The highest BCUT2D eigenvalue weighted by molar-refractivity contribution is 5.99. The molecule has 2 N–H and O–H groups in total. The minimum atomic E-state index is -0.374. The largest absolute Gasteiger partial charge is 0.497 e. The van der Waals surface area contributed by atoms with Crippen molar-refractivity contribution in [3.63, 3.8) is 0 Å². The van der Waals surface area contributed by atoms with E-state index < -0.39 is 0 Å². The topological polar surface area (TPSA) is 77.4 Å². The molecule has 0 radical (unpaired) electrons. The van der Waals surface area contributed by atoms with Crippen molar-refractivity contribution in [1.82, 2.24) is 15.1 Å². The zero-order chi connectivity index (χ0) is 26.0. The first-order valence-electron chi connectivity index (χ1n) is 12.4. The molecule has 4 aromatic rings. The molecule has 0 spiro atoms. The van der Waals surface area contributed by atoms with E-state index in [9.17, 15) is 4.79 Å². The van der Waals surface area contributed by atoms with Gasteiger partial charge in [-0.25, -0.2) is 4.68 Å². The third-order valence-electron chi connectivity index (χ3n) is 6.98. The fourth-order valence-corrected chi connectivity index (χ4v) is 4.96. The second kappa shape index (κ2) is 10.0. The molecule has 7 heteroatoms. The van der Waals surface area contributed by atoms with E-state index >= 15 is 0 Å². The molecule has 0 fully saturated rings. The summed E-state index contributed by atoms with van der Waals surface area (Å²) in [7, 11) is 3.27. The van der Waals surface area contributed by atoms with E-state index in [2.05, 4.69) is 41.7 Å². The molecule has 0 aliphatic carbocycles. The van der Waals surface area contributed by atoms with E-state index in [4.69, 9.17) is 9.47 Å². The fraction of sp³-hybridized carbons (Fsp3) is 0.267. The maximum atomic E-state index is 13.8. The maximum Gasteiger partial charge on any atom is 0.257 e. The van der Waals surface area contributed by atoms with Gasteiger partial charge < -0.3 is 20.1 Å². The normalized spacial score (nSPS) is 16.0. The number of aromatic nitrogens is 2. The molecule has 190 valence electrons. The molecule has 7 nitrogen and oxygen atoms in total. The third kappa shape index (κ3) is 4.89. The van der Waals surface area contributed by atoms with Gasteiger partial charge in [0.25, 0.3) is 5.91 Å². The molecule has 3 aromatic carbocycles. The maximum absolute atomic E-state index is 13.8. The lowest BCUT2D eigenvalue weighted by atomic mass is 9.89. The molecule has 1 unspecified atom stereocenters. The van der Waals surface area contributed by atoms with Gasteiger partial charge >= 0.3 is 0 Å². The Balaban J connectivity index is 1.48. The summed E-state index contributed by atoms with van der Waals surface area (Å²) in [6.45, 7) is 4.30. The molecule has 0 bridgehead atoms. The van der Waals surface area contributed by atoms with Crippen LogP contribution in [-0.2, 0) is 5.54 Å². The zero-order valence-corrected chi connectivity index (χ0v) is 21.6. The number of amides is 1. The van der Waals surface area contributed by atoms with E-state index in [1.165, 1.54) is 5.56 Å². The van der Waals surface area contributed by atoms with E-state index in [1.54, 1.807) is 20.4 Å². The van der Waals surface area contributed by atoms with Gasteiger partial charge in [0.15, 0.2) is 0 Å². The van der Waals surface area contributed by atoms with Crippen molar-refractivity contribution in [2.45, 2.75) is 37.9 Å². The number of ether oxygens (including phenoxy) is 2. The molecule has 1 aromatic heterocycles. The first-order chi connectivity index (χ1) is 17.9. The number of nitrogens with one attached hydrogen (secondary N) is 2. The van der Waals surface area contributed by atoms with E-state index in [-0.39, 0.29) is 23.5 Å². The van der Waals surface area contributed by atoms with Crippen molar-refractivity contribution in [2.24, 2.45) is 0 Å². The van der Waals surface area contributed by atoms with Gasteiger partial charge in [0.1, 0.15) is 22.9 Å². The molecule has 2 heterocycles. The number of rotatable bonds is 7. The first-order valence-corrected chi connectivity index (χ1v) is 12.4. The summed E-state index contributed by atoms with van der Waals surface area (Å²) in [5, 5.41) is 11.5. The smallest absolute Gasteiger partial charge is 0.257 e. The van der Waals surface area contributed by atoms with Crippen molar-refractivity contribution < 1.29 is 14.3 Å². The van der Waals surface area contributed by atoms with Crippen LogP contribution in [0.1, 0.15) is 59.4 Å². The number of benzene rings is 3. The molecule has 0 saturated carbocycles. The summed E-state index contributed by atoms with van der Waals surface area (Å²) in [4.78, 5) is 13.8. The van der Waals surface area contributed by atoms with Crippen LogP contribution in [0.3, 0.4) is 0 Å². The molecular weight excluding hydrogens is 464 g/mol. The molecular formula is C30H32N4O3. The molecule has 5 rings (SSSR count). The molecule has 0 saturated heterocycles. The van der Waals surface area contributed by atoms with Gasteiger partial charge in [0.05, 0.1) is 38.0 Å². The van der Waals surface area contributed by atoms with Crippen LogP contribution in [0.15, 0.2) is 85.1 Å². The quantitative estimate of drug-likeness (QED) is 0.343. The van der Waals surface area contributed by atoms with Crippen LogP contribution in [0, 0.1) is 0 Å². The highest BCUT2D eigenvalue weighted by atomic mass is 16.5. The molecule has 1 aliphatic heterocycles. The highest BCUT2D eigenvalue weighted by Crippen LogP contribution is 2.40. The van der Waals surface area contributed by atoms with Gasteiger partial charge in [-0.15, -0.1) is 0 Å². The van der Waals surface area contributed by atoms with Crippen LogP contribution < -0.4 is 20.1 Å². The predicted molar refractivity (Wildman–Crippen MR) is 144 cm³/mol. The second-order valence-electron chi connectivity index (χ2n) is 9.90.